The third-order valence-corrected chi connectivity index (χ3v) is 1.26. The number of hydrogen-bond acceptors (Lipinski definition) is 3. The van der Waals surface area contributed by atoms with Gasteiger partial charge in [-0.3, -0.25) is 4.79 Å². The average molecular weight is 210 g/mol. The molecule has 0 fully saturated rings. The van der Waals surface area contributed by atoms with Gasteiger partial charge in [-0.15, -0.1) is 0 Å². The molecule has 1 unspecified atom stereocenters. The number of hydrogen-bond donors (Lipinski definition) is 0. The molecule has 0 radical (unpaired) electrons. The predicted octanol–water partition coefficient (Wildman–Crippen LogP) is 1.28. The summed E-state index contributed by atoms with van der Waals surface area (Å²) in [5.74, 6) is -8.60. The van der Waals surface area contributed by atoms with Crippen molar-refractivity contribution in [1.82, 2.24) is 0 Å². The Balaban J connectivity index is 4.52. The zero-order chi connectivity index (χ0) is 11.4. The number of carbonyl (C=O) groups excluding carboxylic acids is 2. The number of ether oxygens (including phenoxy) is 1. The third-order valence-electron chi connectivity index (χ3n) is 1.26. The molecule has 0 heterocycles. The number of carbonyl (C=O) groups is 2. The van der Waals surface area contributed by atoms with Crippen LogP contribution in [0.4, 0.5) is 13.2 Å². The molecule has 0 bridgehead atoms. The summed E-state index contributed by atoms with van der Waals surface area (Å²) in [5, 5.41) is 0. The van der Waals surface area contributed by atoms with Crippen LogP contribution in [0.2, 0.25) is 0 Å². The normalized spacial score (nSPS) is 13.1. The van der Waals surface area contributed by atoms with E-state index >= 15 is 0 Å². The number of Topliss-reactive ketones (excluding diaryl/α,β-unsaturated/α-hetero) is 1. The van der Waals surface area contributed by atoms with E-state index in [1.165, 1.54) is 0 Å². The van der Waals surface area contributed by atoms with Gasteiger partial charge in [0, 0.05) is 0 Å². The highest BCUT2D eigenvalue weighted by Crippen LogP contribution is 2.20. The van der Waals surface area contributed by atoms with Crippen LogP contribution >= 0.6 is 0 Å². The smallest absolute Gasteiger partial charge is 0.402 e. The van der Waals surface area contributed by atoms with Crippen molar-refractivity contribution in [3.8, 4) is 0 Å². The molecule has 80 valence electrons. The summed E-state index contributed by atoms with van der Waals surface area (Å²) < 4.78 is 41.5. The van der Waals surface area contributed by atoms with Gasteiger partial charge in [-0.05, 0) is 6.92 Å². The average Bonchev–Trinajstić information content (AvgIpc) is 2.12. The molecule has 14 heavy (non-hydrogen) atoms. The Morgan fingerprint density at radius 3 is 2.43 bits per heavy atom. The lowest BCUT2D eigenvalue weighted by Gasteiger charge is -2.13. The maximum absolute atomic E-state index is 12.7. The van der Waals surface area contributed by atoms with Crippen LogP contribution in [0.1, 0.15) is 6.92 Å². The van der Waals surface area contributed by atoms with E-state index in [-0.39, 0.29) is 0 Å². The first-order chi connectivity index (χ1) is 6.34. The molecule has 0 rings (SSSR count). The van der Waals surface area contributed by atoms with E-state index in [4.69, 9.17) is 0 Å². The van der Waals surface area contributed by atoms with E-state index in [2.05, 4.69) is 11.3 Å². The second kappa shape index (κ2) is 4.78. The summed E-state index contributed by atoms with van der Waals surface area (Å²) in [6.07, 6.45) is -1.36. The van der Waals surface area contributed by atoms with Crippen LogP contribution in [0, 0.1) is 0 Å². The van der Waals surface area contributed by atoms with Crippen LogP contribution in [0.3, 0.4) is 0 Å². The Morgan fingerprint density at radius 2 is 2.07 bits per heavy atom. The number of rotatable bonds is 5. The Bertz CT molecular complexity index is 248. The van der Waals surface area contributed by atoms with Crippen LogP contribution in [0.25, 0.3) is 0 Å². The Labute approximate surface area is 78.5 Å². The number of halogens is 3. The summed E-state index contributed by atoms with van der Waals surface area (Å²) in [6, 6.07) is 0. The Morgan fingerprint density at radius 1 is 1.57 bits per heavy atom. The van der Waals surface area contributed by atoms with Crippen molar-refractivity contribution in [2.24, 2.45) is 0 Å². The van der Waals surface area contributed by atoms with E-state index in [0.29, 0.717) is 6.92 Å². The van der Waals surface area contributed by atoms with Crippen molar-refractivity contribution in [2.45, 2.75) is 19.0 Å². The molecule has 0 aliphatic carbocycles. The summed E-state index contributed by atoms with van der Waals surface area (Å²) in [6.45, 7) is 3.28. The fraction of sp³-hybridized carbons (Fsp3) is 0.500. The molecule has 0 aromatic heterocycles. The molecular weight excluding hydrogens is 201 g/mol. The van der Waals surface area contributed by atoms with Gasteiger partial charge >= 0.3 is 11.9 Å². The minimum Gasteiger partial charge on any atom is -0.457 e. The molecule has 0 amide bonds. The zero-order valence-electron chi connectivity index (χ0n) is 7.43. The first-order valence-electron chi connectivity index (χ1n) is 3.68. The molecule has 0 saturated heterocycles. The van der Waals surface area contributed by atoms with Gasteiger partial charge in [0.2, 0.25) is 5.78 Å². The molecule has 0 saturated carbocycles. The fourth-order valence-corrected chi connectivity index (χ4v) is 0.576. The first-order valence-corrected chi connectivity index (χ1v) is 3.68. The molecule has 3 nitrogen and oxygen atoms in total. The van der Waals surface area contributed by atoms with E-state index in [0.717, 1.165) is 6.08 Å². The molecular formula is C8H9F3O3. The van der Waals surface area contributed by atoms with Crippen LogP contribution in [0.5, 0.6) is 0 Å². The molecule has 6 heteroatoms. The largest absolute Gasteiger partial charge is 0.457 e. The van der Waals surface area contributed by atoms with E-state index in [9.17, 15) is 22.8 Å². The van der Waals surface area contributed by atoms with Crippen LogP contribution in [-0.4, -0.2) is 30.5 Å². The zero-order valence-corrected chi connectivity index (χ0v) is 7.43. The van der Waals surface area contributed by atoms with E-state index in [1.807, 2.05) is 0 Å². The monoisotopic (exact) mass is 210 g/mol. The SMILES string of the molecule is C=CCOC(=O)C(F)(F)C(=O)C(C)F. The summed E-state index contributed by atoms with van der Waals surface area (Å²) in [4.78, 5) is 21.1. The Kier molecular flexibility index (Phi) is 4.33. The van der Waals surface area contributed by atoms with Gasteiger partial charge in [0.05, 0.1) is 0 Å². The van der Waals surface area contributed by atoms with Gasteiger partial charge in [0.25, 0.3) is 0 Å². The minimum atomic E-state index is -4.43. The Hall–Kier alpha value is -1.33. The number of ketones is 1. The molecule has 0 N–H and O–H groups in total. The van der Waals surface area contributed by atoms with Gasteiger partial charge in [-0.1, -0.05) is 12.7 Å². The minimum absolute atomic E-state index is 0.456. The molecule has 0 aromatic rings. The standard InChI is InChI=1S/C8H9F3O3/c1-3-4-14-7(13)8(10,11)6(12)5(2)9/h3,5H,1,4H2,2H3. The molecule has 0 aliphatic rings. The van der Waals surface area contributed by atoms with Crippen LogP contribution in [-0.2, 0) is 14.3 Å². The lowest BCUT2D eigenvalue weighted by molar-refractivity contribution is -0.177. The van der Waals surface area contributed by atoms with Gasteiger partial charge in [-0.2, -0.15) is 8.78 Å². The molecule has 1 atom stereocenters. The van der Waals surface area contributed by atoms with E-state index in [1.54, 1.807) is 0 Å². The van der Waals surface area contributed by atoms with Gasteiger partial charge in [-0.25, -0.2) is 9.18 Å². The van der Waals surface area contributed by atoms with Crippen molar-refractivity contribution in [2.75, 3.05) is 6.61 Å². The second-order valence-electron chi connectivity index (χ2n) is 2.44. The molecule has 0 aromatic carbocycles. The maximum Gasteiger partial charge on any atom is 0.402 e. The van der Waals surface area contributed by atoms with Crippen molar-refractivity contribution < 1.29 is 27.5 Å². The highest BCUT2D eigenvalue weighted by molar-refractivity contribution is 6.07. The quantitative estimate of drug-likeness (QED) is 0.390. The van der Waals surface area contributed by atoms with Crippen molar-refractivity contribution >= 4 is 11.8 Å². The van der Waals surface area contributed by atoms with Crippen molar-refractivity contribution in [3.63, 3.8) is 0 Å². The lowest BCUT2D eigenvalue weighted by Crippen LogP contribution is -2.43. The van der Waals surface area contributed by atoms with E-state index < -0.39 is 30.5 Å². The highest BCUT2D eigenvalue weighted by atomic mass is 19.3. The van der Waals surface area contributed by atoms with Crippen molar-refractivity contribution in [1.29, 1.82) is 0 Å². The van der Waals surface area contributed by atoms with Gasteiger partial charge in [0.15, 0.2) is 6.17 Å². The number of alkyl halides is 3. The van der Waals surface area contributed by atoms with Gasteiger partial charge < -0.3 is 4.74 Å². The van der Waals surface area contributed by atoms with Crippen LogP contribution in [0.15, 0.2) is 12.7 Å². The van der Waals surface area contributed by atoms with Crippen LogP contribution < -0.4 is 0 Å². The van der Waals surface area contributed by atoms with Gasteiger partial charge in [0.1, 0.15) is 6.61 Å². The fourth-order valence-electron chi connectivity index (χ4n) is 0.576. The lowest BCUT2D eigenvalue weighted by atomic mass is 10.1. The summed E-state index contributed by atoms with van der Waals surface area (Å²) in [5.41, 5.74) is 0. The molecule has 0 aliphatic heterocycles. The topological polar surface area (TPSA) is 43.4 Å². The predicted molar refractivity (Wildman–Crippen MR) is 41.7 cm³/mol. The first kappa shape index (κ1) is 12.7. The maximum atomic E-state index is 12.7. The van der Waals surface area contributed by atoms with Crippen molar-refractivity contribution in [3.05, 3.63) is 12.7 Å². The highest BCUT2D eigenvalue weighted by Gasteiger charge is 2.50. The summed E-state index contributed by atoms with van der Waals surface area (Å²) in [7, 11) is 0. The third kappa shape index (κ3) is 2.86. The second-order valence-corrected chi connectivity index (χ2v) is 2.44. The molecule has 0 spiro atoms. The summed E-state index contributed by atoms with van der Waals surface area (Å²) >= 11 is 0. The number of esters is 1.